The van der Waals surface area contributed by atoms with Crippen LogP contribution < -0.4 is 10.6 Å². The van der Waals surface area contributed by atoms with Gasteiger partial charge >= 0.3 is 0 Å². The molecule has 4 heterocycles. The molecular formula is C15H24N4S4. The number of anilines is 2. The van der Waals surface area contributed by atoms with E-state index < -0.39 is 0 Å². The van der Waals surface area contributed by atoms with E-state index in [2.05, 4.69) is 49.4 Å². The van der Waals surface area contributed by atoms with E-state index in [9.17, 15) is 0 Å². The number of aromatic nitrogens is 2. The largest absolute Gasteiger partial charge is 0.366 e. The van der Waals surface area contributed by atoms with Crippen LogP contribution in [0.2, 0.25) is 0 Å². The Kier molecular flexibility index (Phi) is 12.5. The lowest BCUT2D eigenvalue weighted by Crippen LogP contribution is -1.99. The van der Waals surface area contributed by atoms with E-state index in [4.69, 9.17) is 12.2 Å². The zero-order valence-electron chi connectivity index (χ0n) is 13.9. The Bertz CT molecular complexity index is 645. The third-order valence-corrected chi connectivity index (χ3v) is 4.07. The molecule has 4 N–H and O–H groups in total. The lowest BCUT2D eigenvalue weighted by molar-refractivity contribution is 1.30. The number of thiophene rings is 2. The molecule has 3 aromatic rings. The third kappa shape index (κ3) is 6.82. The molecule has 0 fully saturated rings. The van der Waals surface area contributed by atoms with Gasteiger partial charge in [0.2, 0.25) is 0 Å². The molecule has 0 unspecified atom stereocenters. The Labute approximate surface area is 156 Å². The summed E-state index contributed by atoms with van der Waals surface area (Å²) in [6.07, 6.45) is 0. The van der Waals surface area contributed by atoms with Crippen molar-refractivity contribution in [1.29, 1.82) is 0 Å². The molecule has 0 aliphatic carbocycles. The number of aromatic amines is 2. The Morgan fingerprint density at radius 1 is 0.826 bits per heavy atom. The van der Waals surface area contributed by atoms with Crippen molar-refractivity contribution in [2.24, 2.45) is 0 Å². The molecule has 1 aliphatic rings. The Balaban J connectivity index is 0.000000321. The number of hydrogen-bond donors (Lipinski definition) is 4. The van der Waals surface area contributed by atoms with Crippen molar-refractivity contribution in [1.82, 2.24) is 9.97 Å². The summed E-state index contributed by atoms with van der Waals surface area (Å²) >= 11 is 12.1. The minimum Gasteiger partial charge on any atom is -0.366 e. The van der Waals surface area contributed by atoms with Crippen molar-refractivity contribution >= 4 is 75.4 Å². The van der Waals surface area contributed by atoms with E-state index in [-0.39, 0.29) is 0 Å². The fourth-order valence-corrected chi connectivity index (χ4v) is 3.26. The number of nitrogens with one attached hydrogen (secondary N) is 4. The number of thiocarbonyl (C=S) groups is 1. The van der Waals surface area contributed by atoms with Gasteiger partial charge in [0.05, 0.1) is 29.1 Å². The molecule has 23 heavy (non-hydrogen) atoms. The average Bonchev–Trinajstić information content (AvgIpc) is 3.34. The topological polar surface area (TPSA) is 55.6 Å². The number of fused-ring (bicyclic) bond motifs is 2. The minimum atomic E-state index is 0.702. The fraction of sp³-hybridized carbons (Fsp3) is 0.333. The van der Waals surface area contributed by atoms with Crippen molar-refractivity contribution < 1.29 is 0 Å². The van der Waals surface area contributed by atoms with Crippen molar-refractivity contribution in [2.75, 3.05) is 17.3 Å². The highest BCUT2D eigenvalue weighted by Crippen LogP contribution is 2.29. The summed E-state index contributed by atoms with van der Waals surface area (Å²) in [6.45, 7) is 8.89. The van der Waals surface area contributed by atoms with Crippen LogP contribution in [0.5, 0.6) is 0 Å². The van der Waals surface area contributed by atoms with Gasteiger partial charge in [-0.05, 0) is 18.1 Å². The number of H-pyrrole nitrogens is 2. The van der Waals surface area contributed by atoms with Crippen molar-refractivity contribution in [2.45, 2.75) is 27.7 Å². The van der Waals surface area contributed by atoms with Crippen molar-refractivity contribution in [3.05, 3.63) is 26.3 Å². The first-order chi connectivity index (χ1) is 11.3. The summed E-state index contributed by atoms with van der Waals surface area (Å²) in [6, 6.07) is 0. The van der Waals surface area contributed by atoms with Gasteiger partial charge in [0.1, 0.15) is 0 Å². The highest BCUT2D eigenvalue weighted by molar-refractivity contribution is 7.77. The van der Waals surface area contributed by atoms with Crippen LogP contribution in [0.15, 0.2) is 21.5 Å². The van der Waals surface area contributed by atoms with Crippen LogP contribution in [0.25, 0.3) is 11.0 Å². The molecule has 8 heteroatoms. The van der Waals surface area contributed by atoms with E-state index in [1.165, 1.54) is 11.4 Å². The normalized spacial score (nSPS) is 9.91. The van der Waals surface area contributed by atoms with Gasteiger partial charge in [0.25, 0.3) is 0 Å². The molecule has 3 aromatic heterocycles. The summed E-state index contributed by atoms with van der Waals surface area (Å²) in [5, 5.41) is 14.6. The smallest absolute Gasteiger partial charge is 0.175 e. The maximum atomic E-state index is 4.86. The first-order valence-corrected chi connectivity index (χ1v) is 10.2. The highest BCUT2D eigenvalue weighted by Gasteiger charge is 2.06. The van der Waals surface area contributed by atoms with Gasteiger partial charge in [-0.3, -0.25) is 0 Å². The molecule has 0 aromatic carbocycles. The number of hydrogen-bond acceptors (Lipinski definition) is 6. The molecule has 0 amide bonds. The maximum Gasteiger partial charge on any atom is 0.175 e. The van der Waals surface area contributed by atoms with Crippen LogP contribution in [-0.4, -0.2) is 22.5 Å². The van der Waals surface area contributed by atoms with Crippen molar-refractivity contribution in [3.63, 3.8) is 0 Å². The molecule has 4 nitrogen and oxygen atoms in total. The standard InChI is InChI=1S/C5H4N2S2.C5H6N2S.2C2H6.CH2S/c8-5-6-3-1-9-2-4(3)7-5;1-4-5(2-8-1)7-3-6-4;3*1-2/h1-2H,(H2,6,7,8);1-2,6-7H,3H2;2*1-2H3;1H2. The molecule has 0 radical (unpaired) electrons. The van der Waals surface area contributed by atoms with Gasteiger partial charge < -0.3 is 20.6 Å². The molecule has 1 aliphatic heterocycles. The Morgan fingerprint density at radius 3 is 1.65 bits per heavy atom. The molecule has 0 saturated carbocycles. The molecule has 0 bridgehead atoms. The number of rotatable bonds is 0. The fourth-order valence-electron chi connectivity index (χ4n) is 1.57. The lowest BCUT2D eigenvalue weighted by Gasteiger charge is -1.86. The quantitative estimate of drug-likeness (QED) is 0.332. The second-order valence-corrected chi connectivity index (χ2v) is 5.40. The van der Waals surface area contributed by atoms with E-state index in [0.29, 0.717) is 4.77 Å². The van der Waals surface area contributed by atoms with Gasteiger partial charge in [-0.1, -0.05) is 39.9 Å². The van der Waals surface area contributed by atoms with Gasteiger partial charge in [0.15, 0.2) is 4.77 Å². The van der Waals surface area contributed by atoms with Gasteiger partial charge in [0, 0.05) is 21.5 Å². The Morgan fingerprint density at radius 2 is 1.22 bits per heavy atom. The van der Waals surface area contributed by atoms with E-state index in [1.54, 1.807) is 22.7 Å². The van der Waals surface area contributed by atoms with E-state index in [1.807, 2.05) is 38.5 Å². The van der Waals surface area contributed by atoms with Crippen LogP contribution in [0, 0.1) is 4.77 Å². The van der Waals surface area contributed by atoms with Crippen LogP contribution in [0.1, 0.15) is 27.7 Å². The lowest BCUT2D eigenvalue weighted by atomic mass is 10.5. The molecule has 4 rings (SSSR count). The average molecular weight is 389 g/mol. The summed E-state index contributed by atoms with van der Waals surface area (Å²) in [5.74, 6) is 2.83. The predicted molar refractivity (Wildman–Crippen MR) is 115 cm³/mol. The molecular weight excluding hydrogens is 364 g/mol. The molecule has 0 atom stereocenters. The van der Waals surface area contributed by atoms with Gasteiger partial charge in [-0.2, -0.15) is 0 Å². The van der Waals surface area contributed by atoms with Crippen LogP contribution in [-0.2, 0) is 0 Å². The molecule has 128 valence electrons. The molecule has 0 saturated heterocycles. The SMILES string of the molecule is C=S.CC.CC.S=c1[nH]c2cscc2[nH]1.c1scc2c1NCN2. The highest BCUT2D eigenvalue weighted by atomic mass is 32.1. The summed E-state index contributed by atoms with van der Waals surface area (Å²) in [7, 11) is 0. The van der Waals surface area contributed by atoms with Crippen molar-refractivity contribution in [3.8, 4) is 0 Å². The second-order valence-electron chi connectivity index (χ2n) is 3.51. The third-order valence-electron chi connectivity index (χ3n) is 2.38. The monoisotopic (exact) mass is 388 g/mol. The second kappa shape index (κ2) is 13.2. The zero-order valence-corrected chi connectivity index (χ0v) is 17.1. The summed E-state index contributed by atoms with van der Waals surface area (Å²) < 4.78 is 0.702. The minimum absolute atomic E-state index is 0.702. The summed E-state index contributed by atoms with van der Waals surface area (Å²) in [5.41, 5.74) is 4.69. The number of imidazole rings is 1. The predicted octanol–water partition coefficient (Wildman–Crippen LogP) is 6.50. The zero-order chi connectivity index (χ0) is 17.7. The van der Waals surface area contributed by atoms with Crippen LogP contribution in [0.3, 0.4) is 0 Å². The van der Waals surface area contributed by atoms with Gasteiger partial charge in [-0.15, -0.1) is 22.7 Å². The first-order valence-electron chi connectivity index (χ1n) is 7.30. The van der Waals surface area contributed by atoms with E-state index in [0.717, 1.165) is 17.7 Å². The molecule has 0 spiro atoms. The first kappa shape index (κ1) is 21.8. The summed E-state index contributed by atoms with van der Waals surface area (Å²) in [4.78, 5) is 6.02. The van der Waals surface area contributed by atoms with Gasteiger partial charge in [-0.25, -0.2) is 0 Å². The Hall–Kier alpha value is -1.22. The van der Waals surface area contributed by atoms with Crippen LogP contribution >= 0.6 is 47.1 Å². The van der Waals surface area contributed by atoms with E-state index >= 15 is 0 Å². The van der Waals surface area contributed by atoms with Crippen LogP contribution in [0.4, 0.5) is 11.4 Å². The maximum absolute atomic E-state index is 4.86.